The van der Waals surface area contributed by atoms with Crippen molar-refractivity contribution in [2.24, 2.45) is 5.92 Å². The molecule has 0 saturated carbocycles. The van der Waals surface area contributed by atoms with E-state index < -0.39 is 16.1 Å². The molecular weight excluding hydrogens is 509 g/mol. The normalized spacial score (nSPS) is 12.3. The zero-order valence-electron chi connectivity index (χ0n) is 20.5. The third-order valence-corrected chi connectivity index (χ3v) is 7.32. The first-order valence-electron chi connectivity index (χ1n) is 11.4. The van der Waals surface area contributed by atoms with E-state index >= 15 is 0 Å². The van der Waals surface area contributed by atoms with Crippen molar-refractivity contribution in [1.29, 1.82) is 0 Å². The number of hydrogen-bond donors (Lipinski definition) is 1. The van der Waals surface area contributed by atoms with E-state index in [9.17, 15) is 18.0 Å². The van der Waals surface area contributed by atoms with Crippen LogP contribution >= 0.6 is 23.2 Å². The fourth-order valence-corrected chi connectivity index (χ4v) is 4.75. The van der Waals surface area contributed by atoms with Gasteiger partial charge in [-0.3, -0.25) is 13.9 Å². The number of hydrogen-bond acceptors (Lipinski definition) is 4. The van der Waals surface area contributed by atoms with E-state index in [0.717, 1.165) is 11.8 Å². The Hall–Kier alpha value is -2.29. The van der Waals surface area contributed by atoms with Gasteiger partial charge < -0.3 is 10.2 Å². The molecule has 0 radical (unpaired) electrons. The van der Waals surface area contributed by atoms with Gasteiger partial charge in [0.15, 0.2) is 0 Å². The van der Waals surface area contributed by atoms with E-state index in [1.54, 1.807) is 55.5 Å². The predicted octanol–water partition coefficient (Wildman–Crippen LogP) is 4.73. The van der Waals surface area contributed by atoms with Gasteiger partial charge in [-0.05, 0) is 49.1 Å². The van der Waals surface area contributed by atoms with Crippen LogP contribution in [0.4, 0.5) is 5.69 Å². The lowest BCUT2D eigenvalue weighted by Crippen LogP contribution is -2.48. The van der Waals surface area contributed by atoms with E-state index in [0.29, 0.717) is 28.7 Å². The SMILES string of the molecule is CC(C)CNC(=O)[C@@H](C)N(Cc1ccc(Cl)c(Cl)c1)C(=O)CCCN(c1ccccc1)S(C)(=O)=O. The number of sulfonamides is 1. The molecule has 0 bridgehead atoms. The third kappa shape index (κ3) is 9.02. The van der Waals surface area contributed by atoms with Gasteiger partial charge in [0.2, 0.25) is 21.8 Å². The van der Waals surface area contributed by atoms with Crippen LogP contribution in [0.15, 0.2) is 48.5 Å². The molecule has 0 aromatic heterocycles. The van der Waals surface area contributed by atoms with Crippen molar-refractivity contribution in [3.63, 3.8) is 0 Å². The van der Waals surface area contributed by atoms with E-state index in [-0.39, 0.29) is 37.2 Å². The van der Waals surface area contributed by atoms with Gasteiger partial charge in [0.05, 0.1) is 22.0 Å². The van der Waals surface area contributed by atoms with Gasteiger partial charge in [0, 0.05) is 26.1 Å². The molecule has 0 spiro atoms. The molecule has 192 valence electrons. The molecule has 0 heterocycles. The van der Waals surface area contributed by atoms with E-state index in [2.05, 4.69) is 5.32 Å². The summed E-state index contributed by atoms with van der Waals surface area (Å²) in [6, 6.07) is 13.1. The molecule has 0 fully saturated rings. The summed E-state index contributed by atoms with van der Waals surface area (Å²) < 4.78 is 25.9. The number of halogens is 2. The van der Waals surface area contributed by atoms with E-state index in [4.69, 9.17) is 23.2 Å². The molecule has 0 aliphatic rings. The first kappa shape index (κ1) is 28.9. The minimum Gasteiger partial charge on any atom is -0.354 e. The van der Waals surface area contributed by atoms with Crippen LogP contribution in [0, 0.1) is 5.92 Å². The lowest BCUT2D eigenvalue weighted by Gasteiger charge is -2.29. The van der Waals surface area contributed by atoms with Crippen LogP contribution in [0.2, 0.25) is 10.0 Å². The second-order valence-corrected chi connectivity index (χ2v) is 11.6. The molecule has 7 nitrogen and oxygen atoms in total. The Balaban J connectivity index is 2.17. The van der Waals surface area contributed by atoms with Crippen LogP contribution in [0.3, 0.4) is 0 Å². The Morgan fingerprint density at radius 3 is 2.23 bits per heavy atom. The average molecular weight is 543 g/mol. The minimum atomic E-state index is -3.52. The Bertz CT molecular complexity index is 1110. The number of para-hydroxylation sites is 1. The lowest BCUT2D eigenvalue weighted by atomic mass is 10.1. The molecule has 35 heavy (non-hydrogen) atoms. The summed E-state index contributed by atoms with van der Waals surface area (Å²) in [6.07, 6.45) is 1.50. The number of rotatable bonds is 12. The van der Waals surface area contributed by atoms with Crippen molar-refractivity contribution in [3.8, 4) is 0 Å². The van der Waals surface area contributed by atoms with Crippen LogP contribution in [0.5, 0.6) is 0 Å². The summed E-state index contributed by atoms with van der Waals surface area (Å²) >= 11 is 12.2. The number of carbonyl (C=O) groups is 2. The summed E-state index contributed by atoms with van der Waals surface area (Å²) in [5, 5.41) is 3.63. The number of amides is 2. The maximum Gasteiger partial charge on any atom is 0.242 e. The second-order valence-electron chi connectivity index (χ2n) is 8.86. The second kappa shape index (κ2) is 13.1. The smallest absolute Gasteiger partial charge is 0.242 e. The lowest BCUT2D eigenvalue weighted by molar-refractivity contribution is -0.140. The van der Waals surface area contributed by atoms with Crippen molar-refractivity contribution in [2.75, 3.05) is 23.7 Å². The highest BCUT2D eigenvalue weighted by Gasteiger charge is 2.27. The molecule has 10 heteroatoms. The number of benzene rings is 2. The van der Waals surface area contributed by atoms with Crippen LogP contribution in [0.1, 0.15) is 39.2 Å². The van der Waals surface area contributed by atoms with Gasteiger partial charge in [0.1, 0.15) is 6.04 Å². The van der Waals surface area contributed by atoms with Crippen LogP contribution < -0.4 is 9.62 Å². The van der Waals surface area contributed by atoms with Gasteiger partial charge in [-0.25, -0.2) is 8.42 Å². The molecule has 0 aliphatic carbocycles. The summed E-state index contributed by atoms with van der Waals surface area (Å²) in [5.74, 6) is -0.246. The highest BCUT2D eigenvalue weighted by molar-refractivity contribution is 7.92. The van der Waals surface area contributed by atoms with Gasteiger partial charge >= 0.3 is 0 Å². The largest absolute Gasteiger partial charge is 0.354 e. The topological polar surface area (TPSA) is 86.8 Å². The molecule has 2 amide bonds. The van der Waals surface area contributed by atoms with Crippen molar-refractivity contribution in [1.82, 2.24) is 10.2 Å². The van der Waals surface area contributed by atoms with Crippen molar-refractivity contribution >= 4 is 50.7 Å². The molecule has 0 unspecified atom stereocenters. The van der Waals surface area contributed by atoms with Crippen LogP contribution in [-0.4, -0.2) is 50.5 Å². The average Bonchev–Trinajstić information content (AvgIpc) is 2.80. The summed E-state index contributed by atoms with van der Waals surface area (Å²) in [6.45, 7) is 6.47. The maximum absolute atomic E-state index is 13.3. The number of nitrogens with one attached hydrogen (secondary N) is 1. The van der Waals surface area contributed by atoms with Crippen LogP contribution in [0.25, 0.3) is 0 Å². The monoisotopic (exact) mass is 541 g/mol. The highest BCUT2D eigenvalue weighted by atomic mass is 35.5. The molecule has 2 aromatic rings. The number of carbonyl (C=O) groups excluding carboxylic acids is 2. The summed E-state index contributed by atoms with van der Waals surface area (Å²) in [5.41, 5.74) is 1.27. The molecular formula is C25H33Cl2N3O4S. The molecule has 0 aliphatic heterocycles. The van der Waals surface area contributed by atoms with Gasteiger partial charge in [-0.1, -0.05) is 61.3 Å². The first-order valence-corrected chi connectivity index (χ1v) is 14.0. The van der Waals surface area contributed by atoms with Crippen LogP contribution in [-0.2, 0) is 26.2 Å². The highest BCUT2D eigenvalue weighted by Crippen LogP contribution is 2.24. The Labute approximate surface area is 218 Å². The van der Waals surface area contributed by atoms with Gasteiger partial charge in [0.25, 0.3) is 0 Å². The number of nitrogens with zero attached hydrogens (tertiary/aromatic N) is 2. The third-order valence-electron chi connectivity index (χ3n) is 5.39. The fraction of sp³-hybridized carbons (Fsp3) is 0.440. The molecule has 1 atom stereocenters. The molecule has 2 rings (SSSR count). The van der Waals surface area contributed by atoms with Crippen molar-refractivity contribution < 1.29 is 18.0 Å². The first-order chi connectivity index (χ1) is 16.4. The summed E-state index contributed by atoms with van der Waals surface area (Å²) in [4.78, 5) is 27.5. The summed E-state index contributed by atoms with van der Waals surface area (Å²) in [7, 11) is -3.52. The molecule has 0 saturated heterocycles. The predicted molar refractivity (Wildman–Crippen MR) is 142 cm³/mol. The Morgan fingerprint density at radius 1 is 1.00 bits per heavy atom. The molecule has 1 N–H and O–H groups in total. The van der Waals surface area contributed by atoms with Gasteiger partial charge in [-0.2, -0.15) is 0 Å². The Morgan fingerprint density at radius 2 is 1.66 bits per heavy atom. The van der Waals surface area contributed by atoms with E-state index in [1.165, 1.54) is 9.21 Å². The standard InChI is InChI=1S/C25H33Cl2N3O4S/c1-18(2)16-28-25(32)19(3)29(17-20-12-13-22(26)23(27)15-20)24(31)11-8-14-30(35(4,33)34)21-9-6-5-7-10-21/h5-7,9-10,12-13,15,18-19H,8,11,14,16-17H2,1-4H3,(H,28,32)/t19-/m1/s1. The minimum absolute atomic E-state index is 0.0714. The maximum atomic E-state index is 13.3. The van der Waals surface area contributed by atoms with Gasteiger partial charge in [-0.15, -0.1) is 0 Å². The zero-order valence-corrected chi connectivity index (χ0v) is 22.8. The number of anilines is 1. The van der Waals surface area contributed by atoms with E-state index in [1.807, 2.05) is 13.8 Å². The van der Waals surface area contributed by atoms with Crippen molar-refractivity contribution in [2.45, 2.75) is 46.2 Å². The Kier molecular flexibility index (Phi) is 10.9. The zero-order chi connectivity index (χ0) is 26.2. The molecule has 2 aromatic carbocycles. The van der Waals surface area contributed by atoms with Crippen molar-refractivity contribution in [3.05, 3.63) is 64.1 Å². The fourth-order valence-electron chi connectivity index (χ4n) is 3.47. The quantitative estimate of drug-likeness (QED) is 0.420.